The normalized spacial score (nSPS) is 10.1. The molecule has 14 heavy (non-hydrogen) atoms. The zero-order valence-corrected chi connectivity index (χ0v) is 8.19. The van der Waals surface area contributed by atoms with Crippen LogP contribution in [0.25, 0.3) is 0 Å². The Balaban J connectivity index is 2.51. The van der Waals surface area contributed by atoms with Crippen LogP contribution in [0.3, 0.4) is 0 Å². The Labute approximate surface area is 83.3 Å². The van der Waals surface area contributed by atoms with Crippen LogP contribution in [-0.4, -0.2) is 17.7 Å². The number of carboxylic acids is 1. The topological polar surface area (TPSA) is 46.5 Å². The van der Waals surface area contributed by atoms with Crippen molar-refractivity contribution in [2.75, 3.05) is 6.61 Å². The molecule has 0 saturated heterocycles. The second-order valence-electron chi connectivity index (χ2n) is 3.05. The molecule has 1 aromatic rings. The van der Waals surface area contributed by atoms with Gasteiger partial charge in [0.1, 0.15) is 0 Å². The quantitative estimate of drug-likeness (QED) is 0.731. The highest BCUT2D eigenvalue weighted by atomic mass is 16.5. The van der Waals surface area contributed by atoms with Crippen molar-refractivity contribution in [3.63, 3.8) is 0 Å². The van der Waals surface area contributed by atoms with Crippen LogP contribution in [-0.2, 0) is 11.3 Å². The molecule has 76 valence electrons. The number of ether oxygens (including phenoxy) is 1. The van der Waals surface area contributed by atoms with Crippen LogP contribution in [0.15, 0.2) is 24.3 Å². The molecule has 1 N–H and O–H groups in total. The first-order chi connectivity index (χ1) is 6.74. The van der Waals surface area contributed by atoms with Crippen LogP contribution in [0.1, 0.15) is 29.3 Å². The van der Waals surface area contributed by atoms with Gasteiger partial charge in [-0.05, 0) is 24.1 Å². The van der Waals surface area contributed by atoms with E-state index in [4.69, 9.17) is 9.84 Å². The van der Waals surface area contributed by atoms with Crippen molar-refractivity contribution in [3.8, 4) is 0 Å². The summed E-state index contributed by atoms with van der Waals surface area (Å²) in [5, 5.41) is 8.66. The molecule has 0 heterocycles. The highest BCUT2D eigenvalue weighted by molar-refractivity contribution is 5.87. The van der Waals surface area contributed by atoms with Gasteiger partial charge >= 0.3 is 5.97 Å². The van der Waals surface area contributed by atoms with Crippen molar-refractivity contribution in [2.45, 2.75) is 20.0 Å². The number of rotatable bonds is 5. The third-order valence-electron chi connectivity index (χ3n) is 1.82. The molecule has 3 nitrogen and oxygen atoms in total. The summed E-state index contributed by atoms with van der Waals surface area (Å²) < 4.78 is 5.32. The molecule has 0 aromatic heterocycles. The Morgan fingerprint density at radius 2 is 2.00 bits per heavy atom. The number of aromatic carboxylic acids is 1. The molecule has 0 radical (unpaired) electrons. The first-order valence-electron chi connectivity index (χ1n) is 4.64. The van der Waals surface area contributed by atoms with E-state index in [1.807, 2.05) is 6.92 Å². The van der Waals surface area contributed by atoms with Crippen molar-refractivity contribution in [1.82, 2.24) is 0 Å². The van der Waals surface area contributed by atoms with Gasteiger partial charge in [-0.3, -0.25) is 0 Å². The van der Waals surface area contributed by atoms with Crippen molar-refractivity contribution in [3.05, 3.63) is 35.4 Å². The average molecular weight is 194 g/mol. The third kappa shape index (κ3) is 3.18. The third-order valence-corrected chi connectivity index (χ3v) is 1.82. The maximum Gasteiger partial charge on any atom is 0.335 e. The summed E-state index contributed by atoms with van der Waals surface area (Å²) in [5.41, 5.74) is 1.31. The number of benzene rings is 1. The summed E-state index contributed by atoms with van der Waals surface area (Å²) in [5.74, 6) is -0.897. The van der Waals surface area contributed by atoms with E-state index in [1.165, 1.54) is 0 Å². The van der Waals surface area contributed by atoms with Gasteiger partial charge in [0, 0.05) is 6.61 Å². The monoisotopic (exact) mass is 194 g/mol. The fraction of sp³-hybridized carbons (Fsp3) is 0.364. The maximum atomic E-state index is 10.5. The Hall–Kier alpha value is -1.35. The summed E-state index contributed by atoms with van der Waals surface area (Å²) in [6.45, 7) is 3.34. The smallest absolute Gasteiger partial charge is 0.335 e. The van der Waals surface area contributed by atoms with Crippen LogP contribution >= 0.6 is 0 Å². The van der Waals surface area contributed by atoms with Gasteiger partial charge in [-0.1, -0.05) is 19.1 Å². The Morgan fingerprint density at radius 1 is 1.36 bits per heavy atom. The van der Waals surface area contributed by atoms with Crippen LogP contribution in [0.4, 0.5) is 0 Å². The molecule has 0 aliphatic carbocycles. The first kappa shape index (κ1) is 10.7. The van der Waals surface area contributed by atoms with E-state index in [0.717, 1.165) is 18.6 Å². The van der Waals surface area contributed by atoms with Crippen molar-refractivity contribution in [1.29, 1.82) is 0 Å². The predicted molar refractivity (Wildman–Crippen MR) is 53.3 cm³/mol. The van der Waals surface area contributed by atoms with E-state index in [9.17, 15) is 4.79 Å². The van der Waals surface area contributed by atoms with E-state index in [-0.39, 0.29) is 0 Å². The van der Waals surface area contributed by atoms with Crippen LogP contribution in [0.5, 0.6) is 0 Å². The van der Waals surface area contributed by atoms with Crippen molar-refractivity contribution < 1.29 is 14.6 Å². The van der Waals surface area contributed by atoms with Crippen LogP contribution in [0, 0.1) is 0 Å². The molecule has 0 aliphatic rings. The lowest BCUT2D eigenvalue weighted by Gasteiger charge is -2.02. The van der Waals surface area contributed by atoms with Gasteiger partial charge in [0.25, 0.3) is 0 Å². The number of carboxylic acid groups (broad SMARTS) is 1. The molecule has 0 fully saturated rings. The fourth-order valence-corrected chi connectivity index (χ4v) is 1.08. The standard InChI is InChI=1S/C11H14O3/c1-2-7-14-8-9-3-5-10(6-4-9)11(12)13/h3-6H,2,7-8H2,1H3,(H,12,13). The second-order valence-corrected chi connectivity index (χ2v) is 3.05. The Morgan fingerprint density at radius 3 is 2.50 bits per heavy atom. The zero-order valence-electron chi connectivity index (χ0n) is 8.19. The lowest BCUT2D eigenvalue weighted by molar-refractivity contribution is 0.0696. The summed E-state index contributed by atoms with van der Waals surface area (Å²) >= 11 is 0. The molecule has 0 aliphatic heterocycles. The van der Waals surface area contributed by atoms with Gasteiger partial charge in [-0.15, -0.1) is 0 Å². The molecule has 0 amide bonds. The van der Waals surface area contributed by atoms with Gasteiger partial charge in [0.15, 0.2) is 0 Å². The fourth-order valence-electron chi connectivity index (χ4n) is 1.08. The minimum absolute atomic E-state index is 0.309. The van der Waals surface area contributed by atoms with Gasteiger partial charge < -0.3 is 9.84 Å². The van der Waals surface area contributed by atoms with E-state index in [1.54, 1.807) is 24.3 Å². The van der Waals surface area contributed by atoms with E-state index < -0.39 is 5.97 Å². The van der Waals surface area contributed by atoms with Gasteiger partial charge in [-0.2, -0.15) is 0 Å². The molecular weight excluding hydrogens is 180 g/mol. The SMILES string of the molecule is CCCOCc1ccc(C(=O)O)cc1. The summed E-state index contributed by atoms with van der Waals surface area (Å²) in [6.07, 6.45) is 0.993. The minimum Gasteiger partial charge on any atom is -0.478 e. The maximum absolute atomic E-state index is 10.5. The average Bonchev–Trinajstić information content (AvgIpc) is 2.19. The van der Waals surface area contributed by atoms with E-state index >= 15 is 0 Å². The van der Waals surface area contributed by atoms with Gasteiger partial charge in [0.05, 0.1) is 12.2 Å². The van der Waals surface area contributed by atoms with Gasteiger partial charge in [0.2, 0.25) is 0 Å². The summed E-state index contributed by atoms with van der Waals surface area (Å²) in [7, 11) is 0. The zero-order chi connectivity index (χ0) is 10.4. The number of carbonyl (C=O) groups is 1. The molecule has 0 unspecified atom stereocenters. The highest BCUT2D eigenvalue weighted by Gasteiger charge is 2.01. The molecule has 0 saturated carbocycles. The predicted octanol–water partition coefficient (Wildman–Crippen LogP) is 2.31. The van der Waals surface area contributed by atoms with Gasteiger partial charge in [-0.25, -0.2) is 4.79 Å². The van der Waals surface area contributed by atoms with E-state index in [2.05, 4.69) is 0 Å². The molecule has 0 bridgehead atoms. The lowest BCUT2D eigenvalue weighted by atomic mass is 10.1. The summed E-state index contributed by atoms with van der Waals surface area (Å²) in [6, 6.07) is 6.73. The van der Waals surface area contributed by atoms with Crippen LogP contribution in [0.2, 0.25) is 0 Å². The molecular formula is C11H14O3. The Bertz CT molecular complexity index is 290. The molecule has 1 aromatic carbocycles. The second kappa shape index (κ2) is 5.40. The minimum atomic E-state index is -0.897. The van der Waals surface area contributed by atoms with Crippen molar-refractivity contribution in [2.24, 2.45) is 0 Å². The van der Waals surface area contributed by atoms with E-state index in [0.29, 0.717) is 12.2 Å². The number of hydrogen-bond acceptors (Lipinski definition) is 2. The summed E-state index contributed by atoms with van der Waals surface area (Å²) in [4.78, 5) is 10.5. The van der Waals surface area contributed by atoms with Crippen molar-refractivity contribution >= 4 is 5.97 Å². The largest absolute Gasteiger partial charge is 0.478 e. The molecule has 0 atom stereocenters. The Kier molecular flexibility index (Phi) is 4.13. The first-order valence-corrected chi connectivity index (χ1v) is 4.64. The molecule has 0 spiro atoms. The number of hydrogen-bond donors (Lipinski definition) is 1. The van der Waals surface area contributed by atoms with Crippen LogP contribution < -0.4 is 0 Å². The highest BCUT2D eigenvalue weighted by Crippen LogP contribution is 2.05. The molecule has 1 rings (SSSR count). The lowest BCUT2D eigenvalue weighted by Crippen LogP contribution is -1.97. The molecule has 3 heteroatoms.